The molecule has 134 valence electrons. The van der Waals surface area contributed by atoms with Crippen LogP contribution in [0, 0.1) is 0 Å². The number of hydrogen-bond donors (Lipinski definition) is 2. The molecule has 4 rings (SSSR count). The van der Waals surface area contributed by atoms with Gasteiger partial charge in [0.05, 0.1) is 17.4 Å². The lowest BCUT2D eigenvalue weighted by atomic mass is 10.2. The summed E-state index contributed by atoms with van der Waals surface area (Å²) in [5.74, 6) is 0.734. The van der Waals surface area contributed by atoms with Gasteiger partial charge < -0.3 is 10.7 Å². The summed E-state index contributed by atoms with van der Waals surface area (Å²) in [6.45, 7) is 5.49. The van der Waals surface area contributed by atoms with Gasteiger partial charge in [0.25, 0.3) is 5.56 Å². The number of rotatable bonds is 4. The molecule has 2 heterocycles. The van der Waals surface area contributed by atoms with E-state index in [2.05, 4.69) is 25.8 Å². The third-order valence-corrected chi connectivity index (χ3v) is 4.86. The van der Waals surface area contributed by atoms with E-state index in [-0.39, 0.29) is 5.56 Å². The van der Waals surface area contributed by atoms with E-state index in [1.165, 1.54) is 5.56 Å². The first-order valence-corrected chi connectivity index (χ1v) is 8.94. The number of nitrogen functional groups attached to an aromatic ring is 1. The second-order valence-corrected chi connectivity index (χ2v) is 6.83. The quantitative estimate of drug-likeness (QED) is 0.703. The number of anilines is 1. The third-order valence-electron chi connectivity index (χ3n) is 4.86. The molecule has 6 heteroatoms. The van der Waals surface area contributed by atoms with Gasteiger partial charge in [-0.15, -0.1) is 0 Å². The minimum absolute atomic E-state index is 0.0640. The zero-order valence-corrected chi connectivity index (χ0v) is 14.7. The second kappa shape index (κ2) is 7.27. The highest BCUT2D eigenvalue weighted by molar-refractivity contribution is 5.77. The summed E-state index contributed by atoms with van der Waals surface area (Å²) < 4.78 is 0. The van der Waals surface area contributed by atoms with Gasteiger partial charge in [0, 0.05) is 38.4 Å². The van der Waals surface area contributed by atoms with Gasteiger partial charge in [0.2, 0.25) is 0 Å². The van der Waals surface area contributed by atoms with Crippen LogP contribution in [0.1, 0.15) is 11.4 Å². The van der Waals surface area contributed by atoms with Crippen molar-refractivity contribution in [2.24, 2.45) is 0 Å². The standard InChI is InChI=1S/C20H23N5O/c21-16-5-3-4-15(12-16)13-24-8-10-25(11-9-24)14-19-22-18-7-2-1-6-17(18)20(26)23-19/h1-7,12H,8-11,13-14,21H2,(H,22,23,26). The molecule has 3 N–H and O–H groups in total. The van der Waals surface area contributed by atoms with Crippen LogP contribution >= 0.6 is 0 Å². The average Bonchev–Trinajstić information content (AvgIpc) is 2.64. The van der Waals surface area contributed by atoms with E-state index < -0.39 is 0 Å². The zero-order valence-electron chi connectivity index (χ0n) is 14.7. The molecular formula is C20H23N5O. The predicted molar refractivity (Wildman–Crippen MR) is 104 cm³/mol. The van der Waals surface area contributed by atoms with Crippen LogP contribution in [-0.4, -0.2) is 45.9 Å². The molecule has 1 aliphatic rings. The Bertz CT molecular complexity index is 960. The molecule has 0 spiro atoms. The molecule has 0 aliphatic carbocycles. The Balaban J connectivity index is 1.37. The minimum Gasteiger partial charge on any atom is -0.399 e. The lowest BCUT2D eigenvalue weighted by Crippen LogP contribution is -2.45. The van der Waals surface area contributed by atoms with Gasteiger partial charge in [-0.25, -0.2) is 4.98 Å². The van der Waals surface area contributed by atoms with Crippen LogP contribution in [0.3, 0.4) is 0 Å². The molecule has 0 radical (unpaired) electrons. The molecule has 0 unspecified atom stereocenters. The summed E-state index contributed by atoms with van der Waals surface area (Å²) in [7, 11) is 0. The SMILES string of the molecule is Nc1cccc(CN2CCN(Cc3nc4ccccc4c(=O)[nH]3)CC2)c1. The van der Waals surface area contributed by atoms with Crippen molar-refractivity contribution in [2.75, 3.05) is 31.9 Å². The van der Waals surface area contributed by atoms with Crippen molar-refractivity contribution >= 4 is 16.6 Å². The zero-order chi connectivity index (χ0) is 17.9. The van der Waals surface area contributed by atoms with Gasteiger partial charge in [-0.05, 0) is 29.8 Å². The number of hydrogen-bond acceptors (Lipinski definition) is 5. The van der Waals surface area contributed by atoms with Crippen molar-refractivity contribution in [3.8, 4) is 0 Å². The first-order chi connectivity index (χ1) is 12.7. The summed E-state index contributed by atoms with van der Waals surface area (Å²) in [4.78, 5) is 24.5. The van der Waals surface area contributed by atoms with Crippen LogP contribution in [0.25, 0.3) is 10.9 Å². The van der Waals surface area contributed by atoms with Gasteiger partial charge in [-0.2, -0.15) is 0 Å². The lowest BCUT2D eigenvalue weighted by Gasteiger charge is -2.34. The monoisotopic (exact) mass is 349 g/mol. The second-order valence-electron chi connectivity index (χ2n) is 6.83. The van der Waals surface area contributed by atoms with Crippen LogP contribution in [0.4, 0.5) is 5.69 Å². The average molecular weight is 349 g/mol. The van der Waals surface area contributed by atoms with E-state index in [4.69, 9.17) is 5.73 Å². The number of aromatic nitrogens is 2. The number of benzene rings is 2. The third kappa shape index (κ3) is 3.76. The summed E-state index contributed by atoms with van der Waals surface area (Å²) in [5, 5.41) is 0.642. The molecule has 0 bridgehead atoms. The number of H-pyrrole nitrogens is 1. The number of fused-ring (bicyclic) bond motifs is 1. The molecule has 1 aliphatic heterocycles. The molecular weight excluding hydrogens is 326 g/mol. The number of para-hydroxylation sites is 1. The summed E-state index contributed by atoms with van der Waals surface area (Å²) in [6.07, 6.45) is 0. The maximum Gasteiger partial charge on any atom is 0.258 e. The van der Waals surface area contributed by atoms with Crippen molar-refractivity contribution in [3.63, 3.8) is 0 Å². The number of nitrogens with zero attached hydrogens (tertiary/aromatic N) is 3. The molecule has 3 aromatic rings. The Kier molecular flexibility index (Phi) is 4.69. The van der Waals surface area contributed by atoms with Gasteiger partial charge in [-0.3, -0.25) is 14.6 Å². The number of nitrogens with two attached hydrogens (primary N) is 1. The summed E-state index contributed by atoms with van der Waals surface area (Å²) in [6, 6.07) is 15.5. The van der Waals surface area contributed by atoms with Crippen molar-refractivity contribution in [2.45, 2.75) is 13.1 Å². The number of aromatic amines is 1. The van der Waals surface area contributed by atoms with E-state index in [1.807, 2.05) is 36.4 Å². The van der Waals surface area contributed by atoms with E-state index in [1.54, 1.807) is 6.07 Å². The van der Waals surface area contributed by atoms with Gasteiger partial charge >= 0.3 is 0 Å². The maximum atomic E-state index is 12.2. The first kappa shape index (κ1) is 16.8. The molecule has 1 saturated heterocycles. The Hall–Kier alpha value is -2.70. The number of nitrogens with one attached hydrogen (secondary N) is 1. The van der Waals surface area contributed by atoms with E-state index in [0.717, 1.165) is 49.8 Å². The molecule has 0 saturated carbocycles. The molecule has 1 fully saturated rings. The molecule has 26 heavy (non-hydrogen) atoms. The van der Waals surface area contributed by atoms with Crippen molar-refractivity contribution in [3.05, 3.63) is 70.3 Å². The smallest absolute Gasteiger partial charge is 0.258 e. The first-order valence-electron chi connectivity index (χ1n) is 8.94. The fourth-order valence-electron chi connectivity index (χ4n) is 3.48. The largest absolute Gasteiger partial charge is 0.399 e. The highest BCUT2D eigenvalue weighted by Crippen LogP contribution is 2.13. The van der Waals surface area contributed by atoms with Crippen LogP contribution in [0.5, 0.6) is 0 Å². The Morgan fingerprint density at radius 2 is 1.69 bits per heavy atom. The van der Waals surface area contributed by atoms with E-state index in [9.17, 15) is 4.79 Å². The van der Waals surface area contributed by atoms with Crippen LogP contribution in [-0.2, 0) is 13.1 Å². The van der Waals surface area contributed by atoms with Crippen LogP contribution in [0.2, 0.25) is 0 Å². The van der Waals surface area contributed by atoms with Crippen molar-refractivity contribution in [1.29, 1.82) is 0 Å². The fourth-order valence-corrected chi connectivity index (χ4v) is 3.48. The lowest BCUT2D eigenvalue weighted by molar-refractivity contribution is 0.120. The minimum atomic E-state index is -0.0640. The predicted octanol–water partition coefficient (Wildman–Crippen LogP) is 1.82. The molecule has 0 amide bonds. The Labute approximate surface area is 152 Å². The fraction of sp³-hybridized carbons (Fsp3) is 0.300. The summed E-state index contributed by atoms with van der Waals surface area (Å²) >= 11 is 0. The Morgan fingerprint density at radius 1 is 0.962 bits per heavy atom. The maximum absolute atomic E-state index is 12.2. The Morgan fingerprint density at radius 3 is 2.46 bits per heavy atom. The van der Waals surface area contributed by atoms with Crippen LogP contribution < -0.4 is 11.3 Å². The number of piperazine rings is 1. The summed E-state index contributed by atoms with van der Waals surface area (Å²) in [5.41, 5.74) is 8.61. The highest BCUT2D eigenvalue weighted by atomic mass is 16.1. The van der Waals surface area contributed by atoms with E-state index >= 15 is 0 Å². The molecule has 6 nitrogen and oxygen atoms in total. The van der Waals surface area contributed by atoms with Gasteiger partial charge in [-0.1, -0.05) is 24.3 Å². The van der Waals surface area contributed by atoms with Crippen LogP contribution in [0.15, 0.2) is 53.3 Å². The van der Waals surface area contributed by atoms with Crippen molar-refractivity contribution < 1.29 is 0 Å². The van der Waals surface area contributed by atoms with Gasteiger partial charge in [0.15, 0.2) is 0 Å². The van der Waals surface area contributed by atoms with Gasteiger partial charge in [0.1, 0.15) is 5.82 Å². The topological polar surface area (TPSA) is 78.2 Å². The highest BCUT2D eigenvalue weighted by Gasteiger charge is 2.18. The van der Waals surface area contributed by atoms with E-state index in [0.29, 0.717) is 11.9 Å². The molecule has 0 atom stereocenters. The van der Waals surface area contributed by atoms with Crippen molar-refractivity contribution in [1.82, 2.24) is 19.8 Å². The molecule has 2 aromatic carbocycles. The normalized spacial score (nSPS) is 16.2. The molecule has 1 aromatic heterocycles.